The summed E-state index contributed by atoms with van der Waals surface area (Å²) in [5.74, 6) is 1.42. The summed E-state index contributed by atoms with van der Waals surface area (Å²) < 4.78 is 15.5. The van der Waals surface area contributed by atoms with Crippen molar-refractivity contribution < 1.29 is 8.83 Å². The Balaban J connectivity index is 1.21. The minimum absolute atomic E-state index is 0.610. The highest BCUT2D eigenvalue weighted by atomic mass is 16.3. The first kappa shape index (κ1) is 32.5. The van der Waals surface area contributed by atoms with Crippen molar-refractivity contribution in [1.82, 2.24) is 14.5 Å². The van der Waals surface area contributed by atoms with Gasteiger partial charge in [0, 0.05) is 43.6 Å². The Morgan fingerprint density at radius 1 is 0.414 bits per heavy atom. The van der Waals surface area contributed by atoms with Crippen LogP contribution in [0.2, 0.25) is 0 Å². The smallest absolute Gasteiger partial charge is 0.162 e. The molecule has 0 radical (unpaired) electrons. The summed E-state index contributed by atoms with van der Waals surface area (Å²) in [6.07, 6.45) is 0. The highest BCUT2D eigenvalue weighted by Crippen LogP contribution is 2.44. The van der Waals surface area contributed by atoms with Crippen LogP contribution in [0.1, 0.15) is 5.56 Å². The van der Waals surface area contributed by atoms with Crippen molar-refractivity contribution in [3.05, 3.63) is 188 Å². The van der Waals surface area contributed by atoms with E-state index in [2.05, 4.69) is 157 Å². The lowest BCUT2D eigenvalue weighted by molar-refractivity contribution is 0.668. The van der Waals surface area contributed by atoms with Crippen molar-refractivity contribution in [2.45, 2.75) is 6.92 Å². The molecule has 5 nitrogen and oxygen atoms in total. The molecule has 0 aliphatic rings. The summed E-state index contributed by atoms with van der Waals surface area (Å²) in [5, 5.41) is 6.54. The van der Waals surface area contributed by atoms with Crippen molar-refractivity contribution in [3.63, 3.8) is 0 Å². The van der Waals surface area contributed by atoms with E-state index in [1.807, 2.05) is 36.4 Å². The maximum atomic E-state index is 6.59. The number of benzene rings is 8. The molecule has 0 fully saturated rings. The predicted octanol–water partition coefficient (Wildman–Crippen LogP) is 14.3. The molecule has 5 heteroatoms. The molecule has 4 heterocycles. The maximum Gasteiger partial charge on any atom is 0.162 e. The molecule has 0 atom stereocenters. The minimum atomic E-state index is 0.610. The predicted molar refractivity (Wildman–Crippen MR) is 237 cm³/mol. The maximum absolute atomic E-state index is 6.59. The molecule has 0 saturated carbocycles. The van der Waals surface area contributed by atoms with Gasteiger partial charge >= 0.3 is 0 Å². The van der Waals surface area contributed by atoms with E-state index in [9.17, 15) is 0 Å². The van der Waals surface area contributed by atoms with Crippen LogP contribution in [0.4, 0.5) is 0 Å². The summed E-state index contributed by atoms with van der Waals surface area (Å²) in [7, 11) is 0. The lowest BCUT2D eigenvalue weighted by Crippen LogP contribution is -2.06. The molecular weight excluding hydrogens is 711 g/mol. The van der Waals surface area contributed by atoms with Gasteiger partial charge in [-0.25, -0.2) is 9.97 Å². The molecule has 12 rings (SSSR count). The number of para-hydroxylation sites is 2. The van der Waals surface area contributed by atoms with E-state index >= 15 is 0 Å². The van der Waals surface area contributed by atoms with Gasteiger partial charge in [0.1, 0.15) is 28.1 Å². The Labute approximate surface area is 333 Å². The van der Waals surface area contributed by atoms with E-state index in [-0.39, 0.29) is 0 Å². The van der Waals surface area contributed by atoms with Crippen molar-refractivity contribution in [1.29, 1.82) is 0 Å². The topological polar surface area (TPSA) is 57.0 Å². The molecule has 0 aliphatic heterocycles. The highest BCUT2D eigenvalue weighted by molar-refractivity contribution is 6.25. The van der Waals surface area contributed by atoms with Crippen LogP contribution in [-0.2, 0) is 0 Å². The molecule has 58 heavy (non-hydrogen) atoms. The second-order valence-electron chi connectivity index (χ2n) is 14.9. The van der Waals surface area contributed by atoms with Crippen LogP contribution in [0.5, 0.6) is 0 Å². The Morgan fingerprint density at radius 2 is 1.03 bits per heavy atom. The molecule has 0 spiro atoms. The monoisotopic (exact) mass is 743 g/mol. The van der Waals surface area contributed by atoms with Crippen molar-refractivity contribution in [2.24, 2.45) is 0 Å². The molecule has 0 unspecified atom stereocenters. The quantitative estimate of drug-likeness (QED) is 0.176. The number of furan rings is 2. The fourth-order valence-corrected chi connectivity index (χ4v) is 8.90. The second-order valence-corrected chi connectivity index (χ2v) is 14.9. The van der Waals surface area contributed by atoms with Gasteiger partial charge in [0.25, 0.3) is 0 Å². The molecule has 0 aliphatic carbocycles. The zero-order chi connectivity index (χ0) is 38.3. The average molecular weight is 744 g/mol. The molecule has 0 N–H and O–H groups in total. The van der Waals surface area contributed by atoms with Crippen molar-refractivity contribution in [3.8, 4) is 50.7 Å². The average Bonchev–Trinajstić information content (AvgIpc) is 3.96. The highest BCUT2D eigenvalue weighted by Gasteiger charge is 2.25. The molecule has 12 aromatic rings. The van der Waals surface area contributed by atoms with E-state index < -0.39 is 0 Å². The molecule has 272 valence electrons. The van der Waals surface area contributed by atoms with E-state index in [1.165, 1.54) is 5.56 Å². The van der Waals surface area contributed by atoms with Gasteiger partial charge in [0.05, 0.1) is 22.1 Å². The molecule has 0 amide bonds. The summed E-state index contributed by atoms with van der Waals surface area (Å²) in [6, 6.07) is 63.5. The van der Waals surface area contributed by atoms with E-state index in [0.717, 1.165) is 111 Å². The lowest BCUT2D eigenvalue weighted by atomic mass is 9.96. The van der Waals surface area contributed by atoms with E-state index in [1.54, 1.807) is 0 Å². The van der Waals surface area contributed by atoms with Gasteiger partial charge in [0.2, 0.25) is 0 Å². The number of nitrogens with zero attached hydrogens (tertiary/aromatic N) is 3. The summed E-state index contributed by atoms with van der Waals surface area (Å²) >= 11 is 0. The van der Waals surface area contributed by atoms with Crippen LogP contribution in [0.15, 0.2) is 191 Å². The minimum Gasteiger partial charge on any atom is -0.456 e. The third-order valence-corrected chi connectivity index (χ3v) is 11.6. The molecule has 4 aromatic heterocycles. The van der Waals surface area contributed by atoms with Crippen LogP contribution >= 0.6 is 0 Å². The van der Waals surface area contributed by atoms with Gasteiger partial charge < -0.3 is 8.83 Å². The van der Waals surface area contributed by atoms with Gasteiger partial charge in [-0.3, -0.25) is 4.57 Å². The SMILES string of the molecule is Cc1c(-c2ccccc2)nc(-c2cc(-c3ccccc3)c3c(c2)oc2ccccc23)nc1-n1c2ccc(-c3ccccc3)cc2c2ccc3oc4ccccc4c3c21. The first-order valence-electron chi connectivity index (χ1n) is 19.6. The fraction of sp³-hybridized carbons (Fsp3) is 0.0189. The number of fused-ring (bicyclic) bond motifs is 10. The summed E-state index contributed by atoms with van der Waals surface area (Å²) in [5.41, 5.74) is 13.6. The number of rotatable bonds is 5. The normalized spacial score (nSPS) is 11.9. The standard InChI is InChI=1S/C53H33N3O2/c1-32-50(35-19-9-4-10-20-35)54-52(37-30-41(34-17-7-3-8-18-34)48-39-21-11-13-23-44(39)58-47(48)31-37)55-53(32)56-43-27-25-36(33-15-5-2-6-16-33)29-42(43)38-26-28-46-49(51(38)56)40-22-12-14-24-45(40)57-46/h2-31H,1H3. The molecule has 8 aromatic carbocycles. The zero-order valence-electron chi connectivity index (χ0n) is 31.5. The van der Waals surface area contributed by atoms with E-state index in [4.69, 9.17) is 18.8 Å². The van der Waals surface area contributed by atoms with Crippen LogP contribution in [0.25, 0.3) is 116 Å². The number of hydrogen-bond acceptors (Lipinski definition) is 4. The largest absolute Gasteiger partial charge is 0.456 e. The van der Waals surface area contributed by atoms with Gasteiger partial charge in [-0.15, -0.1) is 0 Å². The zero-order valence-corrected chi connectivity index (χ0v) is 31.5. The second kappa shape index (κ2) is 12.6. The van der Waals surface area contributed by atoms with Crippen LogP contribution in [-0.4, -0.2) is 14.5 Å². The molecule has 0 bridgehead atoms. The van der Waals surface area contributed by atoms with Crippen LogP contribution < -0.4 is 0 Å². The summed E-state index contributed by atoms with van der Waals surface area (Å²) in [6.45, 7) is 2.14. The number of aromatic nitrogens is 3. The Morgan fingerprint density at radius 3 is 1.76 bits per heavy atom. The van der Waals surface area contributed by atoms with Crippen LogP contribution in [0, 0.1) is 6.92 Å². The fourth-order valence-electron chi connectivity index (χ4n) is 8.90. The van der Waals surface area contributed by atoms with E-state index in [0.29, 0.717) is 5.82 Å². The van der Waals surface area contributed by atoms with Gasteiger partial charge in [-0.1, -0.05) is 133 Å². The van der Waals surface area contributed by atoms with Crippen molar-refractivity contribution in [2.75, 3.05) is 0 Å². The third kappa shape index (κ3) is 4.90. The summed E-state index contributed by atoms with van der Waals surface area (Å²) in [4.78, 5) is 11.0. The Bertz CT molecular complexity index is 3560. The van der Waals surface area contributed by atoms with Gasteiger partial charge in [-0.2, -0.15) is 0 Å². The first-order chi connectivity index (χ1) is 28.7. The van der Waals surface area contributed by atoms with Crippen LogP contribution in [0.3, 0.4) is 0 Å². The molecule has 0 saturated heterocycles. The Kier molecular flexibility index (Phi) is 7.07. The Hall–Kier alpha value is -7.76. The lowest BCUT2D eigenvalue weighted by Gasteiger charge is -2.17. The van der Waals surface area contributed by atoms with Gasteiger partial charge in [-0.05, 0) is 77.7 Å². The third-order valence-electron chi connectivity index (χ3n) is 11.6. The number of hydrogen-bond donors (Lipinski definition) is 0. The van der Waals surface area contributed by atoms with Crippen molar-refractivity contribution >= 4 is 65.7 Å². The van der Waals surface area contributed by atoms with Gasteiger partial charge in [0.15, 0.2) is 5.82 Å². The first-order valence-corrected chi connectivity index (χ1v) is 19.6. The molecular formula is C53H33N3O2.